The second kappa shape index (κ2) is 6.97. The molecule has 6 heteroatoms. The summed E-state index contributed by atoms with van der Waals surface area (Å²) < 4.78 is 13.5. The van der Waals surface area contributed by atoms with Crippen LogP contribution in [-0.2, 0) is 23.8 Å². The lowest BCUT2D eigenvalue weighted by molar-refractivity contribution is -0.173. The molecule has 0 spiro atoms. The molecule has 0 unspecified atom stereocenters. The molecule has 15 heavy (non-hydrogen) atoms. The molecule has 0 aromatic heterocycles. The van der Waals surface area contributed by atoms with Crippen molar-refractivity contribution in [1.82, 2.24) is 0 Å². The van der Waals surface area contributed by atoms with Crippen molar-refractivity contribution in [2.24, 2.45) is 0 Å². The Hall–Kier alpha value is -1.40. The highest BCUT2D eigenvalue weighted by atomic mass is 16.6. The zero-order chi connectivity index (χ0) is 11.8. The molecule has 0 bridgehead atoms. The molecule has 0 saturated carbocycles. The van der Waals surface area contributed by atoms with Gasteiger partial charge in [0.15, 0.2) is 12.2 Å². The van der Waals surface area contributed by atoms with Crippen molar-refractivity contribution in [1.29, 1.82) is 0 Å². The Balaban J connectivity index is 4.53. The molecule has 0 radical (unpaired) electrons. The highest BCUT2D eigenvalue weighted by Crippen LogP contribution is 2.04. The van der Waals surface area contributed by atoms with Crippen molar-refractivity contribution < 1.29 is 28.9 Å². The van der Waals surface area contributed by atoms with Crippen LogP contribution in [0, 0.1) is 0 Å². The van der Waals surface area contributed by atoms with E-state index in [-0.39, 0.29) is 6.61 Å². The van der Waals surface area contributed by atoms with Gasteiger partial charge in [-0.2, -0.15) is 0 Å². The SMILES string of the molecule is C=CCO[C@@H](C(=O)OC)[C@@H](O)C(=O)OC. The molecule has 2 atom stereocenters. The molecule has 0 fully saturated rings. The van der Waals surface area contributed by atoms with Crippen molar-refractivity contribution in [2.45, 2.75) is 12.2 Å². The van der Waals surface area contributed by atoms with Crippen LogP contribution in [0.4, 0.5) is 0 Å². The van der Waals surface area contributed by atoms with Gasteiger partial charge < -0.3 is 19.3 Å². The summed E-state index contributed by atoms with van der Waals surface area (Å²) in [6.45, 7) is 3.37. The fraction of sp³-hybridized carbons (Fsp3) is 0.556. The Morgan fingerprint density at radius 3 is 2.27 bits per heavy atom. The van der Waals surface area contributed by atoms with E-state index in [1.807, 2.05) is 0 Å². The van der Waals surface area contributed by atoms with E-state index in [0.29, 0.717) is 0 Å². The Morgan fingerprint density at radius 1 is 1.33 bits per heavy atom. The standard InChI is InChI=1S/C9H14O6/c1-4-5-15-7(9(12)14-3)6(10)8(11)13-2/h4,6-7,10H,1,5H2,2-3H3/t6-,7-/m1/s1. The van der Waals surface area contributed by atoms with Crippen LogP contribution in [0.3, 0.4) is 0 Å². The summed E-state index contributed by atoms with van der Waals surface area (Å²) in [6, 6.07) is 0. The summed E-state index contributed by atoms with van der Waals surface area (Å²) in [4.78, 5) is 22.1. The van der Waals surface area contributed by atoms with Crippen LogP contribution in [-0.4, -0.2) is 50.1 Å². The van der Waals surface area contributed by atoms with Gasteiger partial charge in [-0.25, -0.2) is 9.59 Å². The number of rotatable bonds is 6. The lowest BCUT2D eigenvalue weighted by atomic mass is 10.2. The molecule has 86 valence electrons. The zero-order valence-corrected chi connectivity index (χ0v) is 8.63. The molecule has 1 N–H and O–H groups in total. The molecule has 0 rings (SSSR count). The number of carbonyl (C=O) groups excluding carboxylic acids is 2. The smallest absolute Gasteiger partial charge is 0.338 e. The highest BCUT2D eigenvalue weighted by Gasteiger charge is 2.34. The molecule has 0 saturated heterocycles. The molecule has 0 aliphatic heterocycles. The van der Waals surface area contributed by atoms with E-state index >= 15 is 0 Å². The number of carbonyl (C=O) groups is 2. The Morgan fingerprint density at radius 2 is 1.87 bits per heavy atom. The molecule has 0 aliphatic carbocycles. The van der Waals surface area contributed by atoms with Gasteiger partial charge in [-0.1, -0.05) is 6.08 Å². The maximum absolute atomic E-state index is 11.1. The maximum Gasteiger partial charge on any atom is 0.338 e. The molecule has 0 aliphatic rings. The van der Waals surface area contributed by atoms with E-state index < -0.39 is 24.1 Å². The van der Waals surface area contributed by atoms with Crippen molar-refractivity contribution in [3.63, 3.8) is 0 Å². The van der Waals surface area contributed by atoms with Crippen LogP contribution in [0.5, 0.6) is 0 Å². The summed E-state index contributed by atoms with van der Waals surface area (Å²) in [5, 5.41) is 9.37. The van der Waals surface area contributed by atoms with E-state index in [1.54, 1.807) is 0 Å². The van der Waals surface area contributed by atoms with Crippen LogP contribution < -0.4 is 0 Å². The minimum Gasteiger partial charge on any atom is -0.467 e. The quantitative estimate of drug-likeness (QED) is 0.467. The van der Waals surface area contributed by atoms with Gasteiger partial charge in [-0.3, -0.25) is 0 Å². The van der Waals surface area contributed by atoms with Gasteiger partial charge in [0.1, 0.15) is 0 Å². The van der Waals surface area contributed by atoms with Crippen molar-refractivity contribution >= 4 is 11.9 Å². The summed E-state index contributed by atoms with van der Waals surface area (Å²) >= 11 is 0. The monoisotopic (exact) mass is 218 g/mol. The van der Waals surface area contributed by atoms with Gasteiger partial charge in [-0.05, 0) is 0 Å². The number of aliphatic hydroxyl groups excluding tert-OH is 1. The minimum atomic E-state index is -1.71. The largest absolute Gasteiger partial charge is 0.467 e. The number of esters is 2. The maximum atomic E-state index is 11.1. The van der Waals surface area contributed by atoms with Gasteiger partial charge in [0.25, 0.3) is 0 Å². The number of hydrogen-bond donors (Lipinski definition) is 1. The van der Waals surface area contributed by atoms with Gasteiger partial charge in [0, 0.05) is 0 Å². The van der Waals surface area contributed by atoms with E-state index in [9.17, 15) is 14.7 Å². The van der Waals surface area contributed by atoms with Crippen LogP contribution in [0.1, 0.15) is 0 Å². The van der Waals surface area contributed by atoms with Gasteiger partial charge >= 0.3 is 11.9 Å². The summed E-state index contributed by atoms with van der Waals surface area (Å²) in [5.41, 5.74) is 0. The normalized spacial score (nSPS) is 13.8. The molecular formula is C9H14O6. The lowest BCUT2D eigenvalue weighted by Gasteiger charge is -2.18. The van der Waals surface area contributed by atoms with Crippen molar-refractivity contribution in [3.05, 3.63) is 12.7 Å². The first-order chi connectivity index (χ1) is 7.08. The Bertz CT molecular complexity index is 237. The van der Waals surface area contributed by atoms with Crippen molar-refractivity contribution in [3.8, 4) is 0 Å². The second-order valence-corrected chi connectivity index (χ2v) is 2.53. The second-order valence-electron chi connectivity index (χ2n) is 2.53. The molecular weight excluding hydrogens is 204 g/mol. The lowest BCUT2D eigenvalue weighted by Crippen LogP contribution is -2.43. The third-order valence-corrected chi connectivity index (χ3v) is 1.56. The third-order valence-electron chi connectivity index (χ3n) is 1.56. The molecule has 0 heterocycles. The van der Waals surface area contributed by atoms with Crippen LogP contribution in [0.15, 0.2) is 12.7 Å². The fourth-order valence-electron chi connectivity index (χ4n) is 0.820. The molecule has 6 nitrogen and oxygen atoms in total. The summed E-state index contributed by atoms with van der Waals surface area (Å²) in [7, 11) is 2.21. The topological polar surface area (TPSA) is 82.1 Å². The minimum absolute atomic E-state index is 0.00776. The van der Waals surface area contributed by atoms with Crippen LogP contribution in [0.2, 0.25) is 0 Å². The van der Waals surface area contributed by atoms with Crippen LogP contribution >= 0.6 is 0 Å². The zero-order valence-electron chi connectivity index (χ0n) is 8.63. The fourth-order valence-corrected chi connectivity index (χ4v) is 0.820. The van der Waals surface area contributed by atoms with E-state index in [0.717, 1.165) is 14.2 Å². The number of hydrogen-bond acceptors (Lipinski definition) is 6. The molecule has 0 amide bonds. The number of aliphatic hydroxyl groups is 1. The number of ether oxygens (including phenoxy) is 3. The Labute approximate surface area is 87.4 Å². The van der Waals surface area contributed by atoms with Gasteiger partial charge in [0.2, 0.25) is 0 Å². The third kappa shape index (κ3) is 4.09. The predicted molar refractivity (Wildman–Crippen MR) is 50.0 cm³/mol. The summed E-state index contributed by atoms with van der Waals surface area (Å²) in [5.74, 6) is -1.82. The van der Waals surface area contributed by atoms with Crippen molar-refractivity contribution in [2.75, 3.05) is 20.8 Å². The molecule has 0 aromatic rings. The number of methoxy groups -OCH3 is 2. The van der Waals surface area contributed by atoms with Gasteiger partial charge in [-0.15, -0.1) is 6.58 Å². The molecule has 0 aromatic carbocycles. The van der Waals surface area contributed by atoms with Crippen LogP contribution in [0.25, 0.3) is 0 Å². The highest BCUT2D eigenvalue weighted by molar-refractivity contribution is 5.85. The van der Waals surface area contributed by atoms with E-state index in [2.05, 4.69) is 16.1 Å². The van der Waals surface area contributed by atoms with E-state index in [4.69, 9.17) is 4.74 Å². The predicted octanol–water partition coefficient (Wildman–Crippen LogP) is -0.735. The Kier molecular flexibility index (Phi) is 6.32. The first-order valence-corrected chi connectivity index (χ1v) is 4.14. The average molecular weight is 218 g/mol. The average Bonchev–Trinajstić information content (AvgIpc) is 2.27. The van der Waals surface area contributed by atoms with Gasteiger partial charge in [0.05, 0.1) is 20.8 Å². The first kappa shape index (κ1) is 13.6. The first-order valence-electron chi connectivity index (χ1n) is 4.14. The summed E-state index contributed by atoms with van der Waals surface area (Å²) in [6.07, 6.45) is -1.73. The van der Waals surface area contributed by atoms with E-state index in [1.165, 1.54) is 6.08 Å².